The molecule has 0 saturated carbocycles. The molecule has 0 aromatic carbocycles. The fourth-order valence-electron chi connectivity index (χ4n) is 0.898. The zero-order valence-corrected chi connectivity index (χ0v) is 9.66. The number of hydrogen-bond acceptors (Lipinski definition) is 3. The molecular formula is C9H16ClNO4. The average Bonchev–Trinajstić information content (AvgIpc) is 2.01. The van der Waals surface area contributed by atoms with E-state index in [2.05, 4.69) is 6.58 Å². The lowest BCUT2D eigenvalue weighted by atomic mass is 10.4. The van der Waals surface area contributed by atoms with Crippen LogP contribution in [0, 0.1) is 0 Å². The number of hydrogen-bond donors (Lipinski definition) is 1. The van der Waals surface area contributed by atoms with Crippen molar-refractivity contribution in [3.63, 3.8) is 0 Å². The number of esters is 1. The Kier molecular flexibility index (Phi) is 7.91. The molecule has 0 fully saturated rings. The minimum atomic E-state index is -0.870. The van der Waals surface area contributed by atoms with Crippen LogP contribution in [0.5, 0.6) is 0 Å². The van der Waals surface area contributed by atoms with Gasteiger partial charge in [0, 0.05) is 6.08 Å². The highest BCUT2D eigenvalue weighted by Crippen LogP contribution is 1.96. The monoisotopic (exact) mass is 237 g/mol. The van der Waals surface area contributed by atoms with Crippen molar-refractivity contribution in [3.05, 3.63) is 12.7 Å². The van der Waals surface area contributed by atoms with E-state index >= 15 is 0 Å². The van der Waals surface area contributed by atoms with E-state index in [0.29, 0.717) is 6.54 Å². The molecule has 5 nitrogen and oxygen atoms in total. The van der Waals surface area contributed by atoms with Crippen LogP contribution in [0.3, 0.4) is 0 Å². The smallest absolute Gasteiger partial charge is 0.359 e. The molecule has 0 rings (SSSR count). The highest BCUT2D eigenvalue weighted by Gasteiger charge is 2.19. The van der Waals surface area contributed by atoms with Gasteiger partial charge in [0.25, 0.3) is 0 Å². The summed E-state index contributed by atoms with van der Waals surface area (Å²) in [5, 5.41) is 8.56. The third-order valence-corrected chi connectivity index (χ3v) is 1.67. The van der Waals surface area contributed by atoms with Gasteiger partial charge < -0.3 is 26.7 Å². The molecule has 88 valence electrons. The molecule has 0 radical (unpaired) electrons. The number of halogens is 1. The van der Waals surface area contributed by atoms with E-state index < -0.39 is 11.9 Å². The van der Waals surface area contributed by atoms with Gasteiger partial charge in [-0.1, -0.05) is 6.58 Å². The van der Waals surface area contributed by atoms with Crippen LogP contribution >= 0.6 is 0 Å². The van der Waals surface area contributed by atoms with Crippen LogP contribution in [-0.2, 0) is 14.3 Å². The highest BCUT2D eigenvalue weighted by atomic mass is 35.5. The summed E-state index contributed by atoms with van der Waals surface area (Å²) in [5.41, 5.74) is 0. The molecule has 0 spiro atoms. The predicted molar refractivity (Wildman–Crippen MR) is 50.6 cm³/mol. The van der Waals surface area contributed by atoms with Gasteiger partial charge in [0.1, 0.15) is 13.2 Å². The molecule has 0 heterocycles. The first kappa shape index (κ1) is 16.4. The molecule has 6 heteroatoms. The topological polar surface area (TPSA) is 63.6 Å². The number of likely N-dealkylation sites (N-methyl/N-ethyl adjacent to an activating group) is 1. The summed E-state index contributed by atoms with van der Waals surface area (Å²) in [4.78, 5) is 21.1. The quantitative estimate of drug-likeness (QED) is 0.302. The van der Waals surface area contributed by atoms with Crippen molar-refractivity contribution < 1.29 is 36.3 Å². The summed E-state index contributed by atoms with van der Waals surface area (Å²) in [5.74, 6) is -1.36. The Bertz CT molecular complexity index is 240. The normalized spacial score (nSPS) is 10.0. The van der Waals surface area contributed by atoms with Crippen molar-refractivity contribution in [1.82, 2.24) is 0 Å². The predicted octanol–water partition coefficient (Wildman–Crippen LogP) is -3.12. The summed E-state index contributed by atoms with van der Waals surface area (Å²) in [7, 11) is 3.52. The van der Waals surface area contributed by atoms with Crippen LogP contribution in [-0.4, -0.2) is 55.3 Å². The van der Waals surface area contributed by atoms with Gasteiger partial charge in [-0.05, 0) is 0 Å². The lowest BCUT2D eigenvalue weighted by molar-refractivity contribution is -0.883. The minimum Gasteiger partial charge on any atom is -1.00 e. The molecule has 1 N–H and O–H groups in total. The fourth-order valence-corrected chi connectivity index (χ4v) is 0.898. The standard InChI is InChI=1S/C9H15NO4.ClH/c1-4-9(13)14-6-5-10(2,3)7-8(11)12;/h4H,1,5-7H2,2-3H3;1H. The third kappa shape index (κ3) is 9.24. The first-order valence-electron chi connectivity index (χ1n) is 4.20. The molecule has 0 aromatic rings. The number of ether oxygens (including phenoxy) is 1. The Balaban J connectivity index is 0. The molecule has 0 aromatic heterocycles. The molecule has 0 unspecified atom stereocenters. The number of nitrogens with zero attached hydrogens (tertiary/aromatic N) is 1. The Morgan fingerprint density at radius 2 is 2.00 bits per heavy atom. The van der Waals surface area contributed by atoms with Crippen molar-refractivity contribution in [3.8, 4) is 0 Å². The number of quaternary nitrogens is 1. The molecule has 0 aliphatic carbocycles. The third-order valence-electron chi connectivity index (χ3n) is 1.67. The van der Waals surface area contributed by atoms with Crippen molar-refractivity contribution >= 4 is 11.9 Å². The van der Waals surface area contributed by atoms with Crippen molar-refractivity contribution in [2.75, 3.05) is 33.8 Å². The lowest BCUT2D eigenvalue weighted by Crippen LogP contribution is -3.00. The second-order valence-electron chi connectivity index (χ2n) is 3.58. The van der Waals surface area contributed by atoms with Gasteiger partial charge in [-0.25, -0.2) is 9.59 Å². The molecule has 15 heavy (non-hydrogen) atoms. The SMILES string of the molecule is C=CC(=O)OCC[N+](C)(C)CC(=O)O.[Cl-]. The number of carbonyl (C=O) groups excluding carboxylic acids is 1. The molecule has 0 aliphatic heterocycles. The number of aliphatic carboxylic acids is 1. The van der Waals surface area contributed by atoms with Crippen LogP contribution in [0.2, 0.25) is 0 Å². The number of carbonyl (C=O) groups is 2. The van der Waals surface area contributed by atoms with Gasteiger partial charge in [-0.15, -0.1) is 0 Å². The van der Waals surface area contributed by atoms with Crippen LogP contribution in [0.15, 0.2) is 12.7 Å². The Morgan fingerprint density at radius 3 is 2.40 bits per heavy atom. The Hall–Kier alpha value is -1.07. The zero-order chi connectivity index (χ0) is 11.2. The van der Waals surface area contributed by atoms with Gasteiger partial charge in [0.05, 0.1) is 14.1 Å². The Labute approximate surface area is 95.3 Å². The van der Waals surface area contributed by atoms with Crippen LogP contribution in [0.1, 0.15) is 0 Å². The maximum atomic E-state index is 10.7. The minimum absolute atomic E-state index is 0. The van der Waals surface area contributed by atoms with E-state index in [-0.39, 0.29) is 30.0 Å². The molecule has 0 saturated heterocycles. The fraction of sp³-hybridized carbons (Fsp3) is 0.556. The van der Waals surface area contributed by atoms with Crippen LogP contribution < -0.4 is 12.4 Å². The van der Waals surface area contributed by atoms with E-state index in [9.17, 15) is 9.59 Å². The van der Waals surface area contributed by atoms with Gasteiger partial charge >= 0.3 is 11.9 Å². The van der Waals surface area contributed by atoms with Crippen molar-refractivity contribution in [2.24, 2.45) is 0 Å². The largest absolute Gasteiger partial charge is 1.00 e. The van der Waals surface area contributed by atoms with E-state index in [1.807, 2.05) is 0 Å². The molecule has 0 aliphatic rings. The first-order valence-corrected chi connectivity index (χ1v) is 4.20. The van der Waals surface area contributed by atoms with Gasteiger partial charge in [-0.3, -0.25) is 0 Å². The molecule has 0 atom stereocenters. The van der Waals surface area contributed by atoms with E-state index in [4.69, 9.17) is 9.84 Å². The summed E-state index contributed by atoms with van der Waals surface area (Å²) in [6.07, 6.45) is 1.08. The van der Waals surface area contributed by atoms with E-state index in [0.717, 1.165) is 6.08 Å². The summed E-state index contributed by atoms with van der Waals surface area (Å²) in [6, 6.07) is 0. The van der Waals surface area contributed by atoms with Crippen molar-refractivity contribution in [1.29, 1.82) is 0 Å². The van der Waals surface area contributed by atoms with Gasteiger partial charge in [0.2, 0.25) is 0 Å². The molecule has 0 amide bonds. The summed E-state index contributed by atoms with van der Waals surface area (Å²) in [6.45, 7) is 3.92. The zero-order valence-electron chi connectivity index (χ0n) is 8.90. The van der Waals surface area contributed by atoms with Gasteiger partial charge in [-0.2, -0.15) is 0 Å². The number of rotatable bonds is 6. The summed E-state index contributed by atoms with van der Waals surface area (Å²) < 4.78 is 5.02. The second-order valence-corrected chi connectivity index (χ2v) is 3.58. The van der Waals surface area contributed by atoms with Crippen LogP contribution in [0.25, 0.3) is 0 Å². The lowest BCUT2D eigenvalue weighted by Gasteiger charge is -2.27. The van der Waals surface area contributed by atoms with E-state index in [1.54, 1.807) is 14.1 Å². The van der Waals surface area contributed by atoms with Gasteiger partial charge in [0.15, 0.2) is 6.54 Å². The second kappa shape index (κ2) is 7.25. The Morgan fingerprint density at radius 1 is 1.47 bits per heavy atom. The maximum Gasteiger partial charge on any atom is 0.359 e. The highest BCUT2D eigenvalue weighted by molar-refractivity contribution is 5.81. The van der Waals surface area contributed by atoms with Crippen LogP contribution in [0.4, 0.5) is 0 Å². The number of carboxylic acid groups (broad SMARTS) is 1. The van der Waals surface area contributed by atoms with Crippen molar-refractivity contribution in [2.45, 2.75) is 0 Å². The average molecular weight is 238 g/mol. The first-order chi connectivity index (χ1) is 6.37. The number of carboxylic acids is 1. The van der Waals surface area contributed by atoms with E-state index in [1.165, 1.54) is 0 Å². The molecule has 0 bridgehead atoms. The molecular weight excluding hydrogens is 222 g/mol. The summed E-state index contributed by atoms with van der Waals surface area (Å²) >= 11 is 0. The maximum absolute atomic E-state index is 10.7.